The highest BCUT2D eigenvalue weighted by molar-refractivity contribution is 9.10. The number of thiophene rings is 2. The van der Waals surface area contributed by atoms with E-state index >= 15 is 0 Å². The maximum Gasteiger partial charge on any atom is 0.143 e. The van der Waals surface area contributed by atoms with Crippen LogP contribution in [0.15, 0.2) is 34.1 Å². The summed E-state index contributed by atoms with van der Waals surface area (Å²) >= 11 is 6.45. The predicted octanol–water partition coefficient (Wildman–Crippen LogP) is 5.51. The molecule has 21 heavy (non-hydrogen) atoms. The van der Waals surface area contributed by atoms with Gasteiger partial charge in [0.2, 0.25) is 0 Å². The van der Waals surface area contributed by atoms with Crippen LogP contribution in [0.4, 0.5) is 8.78 Å². The van der Waals surface area contributed by atoms with Crippen molar-refractivity contribution >= 4 is 48.0 Å². The zero-order chi connectivity index (χ0) is 15.0. The summed E-state index contributed by atoms with van der Waals surface area (Å²) in [5, 5.41) is 5.21. The summed E-state index contributed by atoms with van der Waals surface area (Å²) in [6.45, 7) is 0. The van der Waals surface area contributed by atoms with E-state index < -0.39 is 11.6 Å². The van der Waals surface area contributed by atoms with Gasteiger partial charge in [-0.3, -0.25) is 0 Å². The molecule has 3 aromatic rings. The van der Waals surface area contributed by atoms with Gasteiger partial charge in [-0.05, 0) is 59.0 Å². The van der Waals surface area contributed by atoms with Gasteiger partial charge < -0.3 is 5.32 Å². The molecule has 1 atom stereocenters. The summed E-state index contributed by atoms with van der Waals surface area (Å²) in [5.41, 5.74) is 0.112. The highest BCUT2D eigenvalue weighted by atomic mass is 79.9. The van der Waals surface area contributed by atoms with Crippen LogP contribution in [0.1, 0.15) is 16.5 Å². The van der Waals surface area contributed by atoms with Gasteiger partial charge in [-0.1, -0.05) is 0 Å². The molecule has 0 amide bonds. The molecule has 0 fully saturated rings. The molecule has 2 heterocycles. The Morgan fingerprint density at radius 2 is 2.05 bits per heavy atom. The highest BCUT2D eigenvalue weighted by Gasteiger charge is 2.20. The SMILES string of the molecule is CNC(Cc1c(F)ccc(Br)c1F)c1cc2sccc2s1. The van der Waals surface area contributed by atoms with E-state index in [-0.39, 0.29) is 18.0 Å². The molecule has 2 aromatic heterocycles. The molecule has 110 valence electrons. The summed E-state index contributed by atoms with van der Waals surface area (Å²) in [6, 6.07) is 6.75. The lowest BCUT2D eigenvalue weighted by atomic mass is 10.0. The summed E-state index contributed by atoms with van der Waals surface area (Å²) in [5.74, 6) is -1.03. The molecular formula is C15H12BrF2NS2. The van der Waals surface area contributed by atoms with Gasteiger partial charge in [0, 0.05) is 25.9 Å². The number of halogens is 3. The third-order valence-electron chi connectivity index (χ3n) is 3.40. The third-order valence-corrected chi connectivity index (χ3v) is 6.22. The minimum Gasteiger partial charge on any atom is -0.312 e. The molecule has 6 heteroatoms. The fraction of sp³-hybridized carbons (Fsp3) is 0.200. The molecule has 0 aliphatic rings. The van der Waals surface area contributed by atoms with Crippen LogP contribution in [-0.4, -0.2) is 7.05 Å². The third kappa shape index (κ3) is 2.90. The Labute approximate surface area is 137 Å². The van der Waals surface area contributed by atoms with Gasteiger partial charge >= 0.3 is 0 Å². The Morgan fingerprint density at radius 1 is 1.24 bits per heavy atom. The van der Waals surface area contributed by atoms with Crippen LogP contribution in [-0.2, 0) is 6.42 Å². The first-order valence-electron chi connectivity index (χ1n) is 6.36. The zero-order valence-electron chi connectivity index (χ0n) is 11.1. The van der Waals surface area contributed by atoms with Crippen LogP contribution in [0.3, 0.4) is 0 Å². The predicted molar refractivity (Wildman–Crippen MR) is 89.3 cm³/mol. The minimum atomic E-state index is -0.520. The normalized spacial score (nSPS) is 13.0. The smallest absolute Gasteiger partial charge is 0.143 e. The van der Waals surface area contributed by atoms with Crippen molar-refractivity contribution in [3.8, 4) is 0 Å². The number of rotatable bonds is 4. The minimum absolute atomic E-state index is 0.104. The molecule has 0 saturated heterocycles. The van der Waals surface area contributed by atoms with Gasteiger partial charge in [0.25, 0.3) is 0 Å². The number of hydrogen-bond acceptors (Lipinski definition) is 3. The molecule has 0 aliphatic carbocycles. The van der Waals surface area contributed by atoms with E-state index in [4.69, 9.17) is 0 Å². The van der Waals surface area contributed by atoms with E-state index in [0.29, 0.717) is 4.47 Å². The van der Waals surface area contributed by atoms with Crippen molar-refractivity contribution in [3.63, 3.8) is 0 Å². The van der Waals surface area contributed by atoms with E-state index in [1.807, 2.05) is 12.4 Å². The van der Waals surface area contributed by atoms with Crippen LogP contribution >= 0.6 is 38.6 Å². The van der Waals surface area contributed by atoms with Crippen molar-refractivity contribution < 1.29 is 8.78 Å². The number of benzene rings is 1. The van der Waals surface area contributed by atoms with Crippen molar-refractivity contribution in [1.29, 1.82) is 0 Å². The molecule has 1 nitrogen and oxygen atoms in total. The first-order valence-corrected chi connectivity index (χ1v) is 8.85. The second-order valence-corrected chi connectivity index (χ2v) is 7.58. The van der Waals surface area contributed by atoms with E-state index in [1.165, 1.54) is 21.5 Å². The Morgan fingerprint density at radius 3 is 2.76 bits per heavy atom. The highest BCUT2D eigenvalue weighted by Crippen LogP contribution is 2.35. The van der Waals surface area contributed by atoms with Crippen LogP contribution in [0.25, 0.3) is 9.40 Å². The van der Waals surface area contributed by atoms with Crippen LogP contribution in [0.5, 0.6) is 0 Å². The van der Waals surface area contributed by atoms with Crippen molar-refractivity contribution in [2.75, 3.05) is 7.05 Å². The molecular weight excluding hydrogens is 376 g/mol. The van der Waals surface area contributed by atoms with Gasteiger partial charge in [-0.2, -0.15) is 0 Å². The molecule has 1 unspecified atom stereocenters. The quantitative estimate of drug-likeness (QED) is 0.582. The van der Waals surface area contributed by atoms with E-state index in [9.17, 15) is 8.78 Å². The van der Waals surface area contributed by atoms with Gasteiger partial charge in [0.05, 0.1) is 4.47 Å². The van der Waals surface area contributed by atoms with Crippen LogP contribution < -0.4 is 5.32 Å². The van der Waals surface area contributed by atoms with Crippen molar-refractivity contribution in [2.24, 2.45) is 0 Å². The fourth-order valence-corrected chi connectivity index (χ4v) is 4.86. The first kappa shape index (κ1) is 15.1. The van der Waals surface area contributed by atoms with Gasteiger partial charge in [0.15, 0.2) is 0 Å². The zero-order valence-corrected chi connectivity index (χ0v) is 14.3. The maximum absolute atomic E-state index is 14.1. The van der Waals surface area contributed by atoms with Crippen molar-refractivity contribution in [2.45, 2.75) is 12.5 Å². The second-order valence-electron chi connectivity index (χ2n) is 4.67. The summed E-state index contributed by atoms with van der Waals surface area (Å²) in [7, 11) is 1.81. The van der Waals surface area contributed by atoms with Crippen molar-refractivity contribution in [1.82, 2.24) is 5.32 Å². The van der Waals surface area contributed by atoms with Gasteiger partial charge in [-0.15, -0.1) is 22.7 Å². The lowest BCUT2D eigenvalue weighted by molar-refractivity contribution is 0.516. The number of nitrogens with one attached hydrogen (secondary N) is 1. The standard InChI is InChI=1S/C15H12BrF2NS2/c1-19-11(13-7-14-12(21-13)4-5-20-14)6-8-10(17)3-2-9(16)15(8)18/h2-5,7,11,19H,6H2,1H3. The first-order chi connectivity index (χ1) is 10.1. The van der Waals surface area contributed by atoms with E-state index in [0.717, 1.165) is 4.88 Å². The van der Waals surface area contributed by atoms with E-state index in [1.54, 1.807) is 22.7 Å². The molecule has 0 radical (unpaired) electrons. The lowest BCUT2D eigenvalue weighted by Crippen LogP contribution is -2.19. The lowest BCUT2D eigenvalue weighted by Gasteiger charge is -2.16. The van der Waals surface area contributed by atoms with E-state index in [2.05, 4.69) is 33.4 Å². The fourth-order valence-electron chi connectivity index (χ4n) is 2.26. The van der Waals surface area contributed by atoms with Crippen LogP contribution in [0.2, 0.25) is 0 Å². The summed E-state index contributed by atoms with van der Waals surface area (Å²) in [6.07, 6.45) is 0.279. The Balaban J connectivity index is 1.95. The molecule has 0 spiro atoms. The molecule has 1 N–H and O–H groups in total. The largest absolute Gasteiger partial charge is 0.312 e. The van der Waals surface area contributed by atoms with Gasteiger partial charge in [0.1, 0.15) is 11.6 Å². The maximum atomic E-state index is 14.1. The summed E-state index contributed by atoms with van der Waals surface area (Å²) in [4.78, 5) is 1.10. The number of hydrogen-bond donors (Lipinski definition) is 1. The molecule has 0 bridgehead atoms. The van der Waals surface area contributed by atoms with Gasteiger partial charge in [-0.25, -0.2) is 8.78 Å². The average molecular weight is 388 g/mol. The number of likely N-dealkylation sites (N-methyl/N-ethyl adjacent to an activating group) is 1. The number of fused-ring (bicyclic) bond motifs is 1. The Kier molecular flexibility index (Phi) is 4.40. The average Bonchev–Trinajstić information content (AvgIpc) is 3.05. The molecule has 0 aliphatic heterocycles. The Hall–Kier alpha value is -0.820. The Bertz CT molecular complexity index is 753. The molecule has 0 saturated carbocycles. The molecule has 1 aromatic carbocycles. The topological polar surface area (TPSA) is 12.0 Å². The second kappa shape index (κ2) is 6.12. The summed E-state index contributed by atoms with van der Waals surface area (Å²) < 4.78 is 30.7. The van der Waals surface area contributed by atoms with Crippen molar-refractivity contribution in [3.05, 3.63) is 56.2 Å². The molecule has 3 rings (SSSR count). The monoisotopic (exact) mass is 387 g/mol. The van der Waals surface area contributed by atoms with Crippen LogP contribution in [0, 0.1) is 11.6 Å².